The van der Waals surface area contributed by atoms with Crippen LogP contribution in [0.2, 0.25) is 0 Å². The van der Waals surface area contributed by atoms with Gasteiger partial charge in [0.15, 0.2) is 10.1 Å². The van der Waals surface area contributed by atoms with E-state index < -0.39 is 108 Å². The van der Waals surface area contributed by atoms with Gasteiger partial charge in [0.1, 0.15) is 12.0 Å². The average Bonchev–Trinajstić information content (AvgIpc) is 2.76. The van der Waals surface area contributed by atoms with Crippen molar-refractivity contribution in [1.29, 1.82) is 0 Å². The van der Waals surface area contributed by atoms with Crippen molar-refractivity contribution in [3.63, 3.8) is 0 Å². The van der Waals surface area contributed by atoms with Gasteiger partial charge in [0, 0.05) is 12.8 Å². The molecule has 0 aromatic carbocycles. The molecule has 0 heterocycles. The zero-order valence-electron chi connectivity index (χ0n) is 19.2. The summed E-state index contributed by atoms with van der Waals surface area (Å²) in [6, 6.07) is 0. The summed E-state index contributed by atoms with van der Waals surface area (Å²) in [5, 5.41) is -1.16. The highest BCUT2D eigenvalue weighted by Crippen LogP contribution is 2.50. The number of ether oxygens (including phenoxy) is 4. The molecule has 0 aliphatic heterocycles. The minimum atomic E-state index is -7.40. The molecule has 0 fully saturated rings. The molecule has 0 N–H and O–H groups in total. The highest BCUT2D eigenvalue weighted by Gasteiger charge is 2.72. The Bertz CT molecular complexity index is 966. The topological polar surface area (TPSA) is 136 Å². The molecule has 0 amide bonds. The zero-order chi connectivity index (χ0) is 33.7. The maximum absolute atomic E-state index is 13.5. The van der Waals surface area contributed by atoms with Crippen molar-refractivity contribution >= 4 is 22.2 Å². The first-order chi connectivity index (χ1) is 18.4. The molecule has 0 saturated heterocycles. The second-order valence-electron chi connectivity index (χ2n) is 7.11. The zero-order valence-corrected chi connectivity index (χ0v) is 20.8. The molecule has 0 aromatic heterocycles. The third-order valence-electron chi connectivity index (χ3n) is 4.02. The van der Waals surface area contributed by atoms with Crippen molar-refractivity contribution in [2.45, 2.75) is 59.6 Å². The Labute approximate surface area is 225 Å². The summed E-state index contributed by atoms with van der Waals surface area (Å²) in [7, 11) is -7.40. The Balaban J connectivity index is 4.80. The van der Waals surface area contributed by atoms with Gasteiger partial charge in [0.2, 0.25) is 0 Å². The monoisotopic (exact) mass is 708 g/mol. The van der Waals surface area contributed by atoms with E-state index in [-0.39, 0.29) is 0 Å². The van der Waals surface area contributed by atoms with E-state index in [2.05, 4.69) is 23.6 Å². The van der Waals surface area contributed by atoms with Crippen LogP contribution in [0, 0.1) is 0 Å². The van der Waals surface area contributed by atoms with Crippen LogP contribution >= 0.6 is 12.0 Å². The summed E-state index contributed by atoms with van der Waals surface area (Å²) in [4.78, 5) is 0. The van der Waals surface area contributed by atoms with Gasteiger partial charge >= 0.3 is 46.8 Å². The van der Waals surface area contributed by atoms with Crippen molar-refractivity contribution in [1.82, 2.24) is 0 Å². The molecular weight excluding hydrogens is 696 g/mol. The van der Waals surface area contributed by atoms with Gasteiger partial charge < -0.3 is 19.3 Å². The molecule has 0 rings (SSSR count). The van der Waals surface area contributed by atoms with Crippen LogP contribution in [0.1, 0.15) is 12.8 Å². The minimum absolute atomic E-state index is 1.05. The van der Waals surface area contributed by atoms with Gasteiger partial charge in [-0.05, 0) is 0 Å². The number of hydrogen-bond donors (Lipinski definition) is 0. The van der Waals surface area contributed by atoms with Crippen molar-refractivity contribution in [3.05, 3.63) is 0 Å². The Morgan fingerprint density at radius 3 is 1.26 bits per heavy atom. The third-order valence-corrected chi connectivity index (χ3v) is 5.45. The normalized spacial score (nSPS) is 15.4. The van der Waals surface area contributed by atoms with E-state index in [1.54, 1.807) is 0 Å². The molecule has 254 valence electrons. The minimum Gasteiger partial charge on any atom is -0.743 e. The number of alkyl halides is 16. The fourth-order valence-electron chi connectivity index (χ4n) is 1.85. The lowest BCUT2D eigenvalue weighted by atomic mass is 10.2. The van der Waals surface area contributed by atoms with E-state index in [4.69, 9.17) is 0 Å². The van der Waals surface area contributed by atoms with Crippen LogP contribution in [-0.4, -0.2) is 86.2 Å². The summed E-state index contributed by atoms with van der Waals surface area (Å²) in [6.07, 6.45) is -30.9. The molecule has 0 saturated carbocycles. The predicted molar refractivity (Wildman–Crippen MR) is 92.1 cm³/mol. The van der Waals surface area contributed by atoms with Crippen LogP contribution in [-0.2, 0) is 38.4 Å². The van der Waals surface area contributed by atoms with Crippen LogP contribution < -0.4 is 5.26 Å². The van der Waals surface area contributed by atoms with Crippen molar-refractivity contribution in [3.8, 4) is 0 Å². The molecular formula is C14H12F16O10S2-2. The largest absolute Gasteiger partial charge is 0.743 e. The number of halogens is 16. The molecule has 0 unspecified atom stereocenters. The smallest absolute Gasteiger partial charge is 0.438 e. The van der Waals surface area contributed by atoms with E-state index in [0.29, 0.717) is 0 Å². The first-order valence-corrected chi connectivity index (χ1v) is 11.8. The number of rotatable bonds is 21. The second-order valence-corrected chi connectivity index (χ2v) is 9.35. The Morgan fingerprint density at radius 1 is 0.571 bits per heavy atom. The van der Waals surface area contributed by atoms with E-state index in [0.717, 1.165) is 0 Å². The van der Waals surface area contributed by atoms with Crippen LogP contribution in [0.5, 0.6) is 0 Å². The molecule has 0 aliphatic carbocycles. The van der Waals surface area contributed by atoms with Gasteiger partial charge in [0.25, 0.3) is 0 Å². The summed E-state index contributed by atoms with van der Waals surface area (Å²) < 4.78 is 257. The van der Waals surface area contributed by atoms with Gasteiger partial charge in [-0.2, -0.15) is 74.6 Å². The van der Waals surface area contributed by atoms with Gasteiger partial charge in [0.05, 0.1) is 26.4 Å². The lowest BCUT2D eigenvalue weighted by molar-refractivity contribution is -0.777. The van der Waals surface area contributed by atoms with Crippen LogP contribution in [0.15, 0.2) is 0 Å². The Kier molecular flexibility index (Phi) is 13.5. The molecule has 0 spiro atoms. The lowest BCUT2D eigenvalue weighted by Crippen LogP contribution is -2.56. The van der Waals surface area contributed by atoms with Crippen LogP contribution in [0.3, 0.4) is 0 Å². The van der Waals surface area contributed by atoms with Gasteiger partial charge in [-0.1, -0.05) is 0 Å². The fourth-order valence-corrected chi connectivity index (χ4v) is 2.44. The van der Waals surface area contributed by atoms with Crippen LogP contribution in [0.4, 0.5) is 70.2 Å². The molecule has 28 heteroatoms. The molecule has 0 atom stereocenters. The van der Waals surface area contributed by atoms with Crippen molar-refractivity contribution in [2.75, 3.05) is 26.4 Å². The van der Waals surface area contributed by atoms with Crippen molar-refractivity contribution in [2.24, 2.45) is 0 Å². The average molecular weight is 708 g/mol. The maximum Gasteiger partial charge on any atom is 0.438 e. The highest BCUT2D eigenvalue weighted by molar-refractivity contribution is 7.95. The van der Waals surface area contributed by atoms with Gasteiger partial charge in [-0.15, -0.1) is 0 Å². The predicted octanol–water partition coefficient (Wildman–Crippen LogP) is 4.08. The standard InChI is InChI=1S/C14H14F16O10S2/c15-7(16,9(19,20)37-11(23,24)13(27,28)41-40-39-31)1-3-35-5-6-36-4-2-8(17,18)10(21,22)38-12(25,26)14(29,30)42(32,33)34/h31H,1-6H2,(H,32,33,34)/p-2. The maximum atomic E-state index is 13.5. The summed E-state index contributed by atoms with van der Waals surface area (Å²) >= 11 is -1.88. The first-order valence-electron chi connectivity index (χ1n) is 9.61. The van der Waals surface area contributed by atoms with Gasteiger partial charge in [-0.3, -0.25) is 5.04 Å². The van der Waals surface area contributed by atoms with E-state index in [1.165, 1.54) is 0 Å². The molecule has 42 heavy (non-hydrogen) atoms. The Morgan fingerprint density at radius 2 is 0.929 bits per heavy atom. The fraction of sp³-hybridized carbons (Fsp3) is 1.00. The molecule has 0 aliphatic rings. The number of hydrogen-bond acceptors (Lipinski definition) is 11. The SMILES string of the molecule is O=S(=O)([O-])C(F)(F)C(F)(F)OC(F)(F)C(F)(F)CCOCCOCCC(F)(F)C(F)(F)OC(F)(F)C(F)(F)SOO[O-]. The first kappa shape index (κ1) is 40.9. The van der Waals surface area contributed by atoms with E-state index in [1.807, 2.05) is 4.74 Å². The molecule has 0 aromatic rings. The lowest BCUT2D eigenvalue weighted by Gasteiger charge is -2.33. The Hall–Kier alpha value is -1.14. The van der Waals surface area contributed by atoms with Gasteiger partial charge in [-0.25, -0.2) is 17.9 Å². The van der Waals surface area contributed by atoms with Crippen LogP contribution in [0.25, 0.3) is 0 Å². The van der Waals surface area contributed by atoms with Crippen molar-refractivity contribution < 1.29 is 117 Å². The van der Waals surface area contributed by atoms with E-state index >= 15 is 0 Å². The quantitative estimate of drug-likeness (QED) is 0.0427. The second kappa shape index (κ2) is 13.9. The molecule has 10 nitrogen and oxygen atoms in total. The molecule has 0 radical (unpaired) electrons. The summed E-state index contributed by atoms with van der Waals surface area (Å²) in [5.74, 6) is -11.5. The molecule has 0 bridgehead atoms. The third kappa shape index (κ3) is 10.2. The summed E-state index contributed by atoms with van der Waals surface area (Å²) in [5.41, 5.74) is 0. The van der Waals surface area contributed by atoms with E-state index in [9.17, 15) is 88.5 Å². The highest BCUT2D eigenvalue weighted by atomic mass is 32.2. The summed E-state index contributed by atoms with van der Waals surface area (Å²) in [6.45, 7) is -5.27.